The van der Waals surface area contributed by atoms with Gasteiger partial charge in [0.25, 0.3) is 0 Å². The van der Waals surface area contributed by atoms with Crippen molar-refractivity contribution in [1.29, 1.82) is 0 Å². The maximum atomic E-state index is 14.6. The molecule has 2 aromatic rings. The van der Waals surface area contributed by atoms with Gasteiger partial charge >= 0.3 is 11.8 Å². The quantitative estimate of drug-likeness (QED) is 0.864. The third-order valence-electron chi connectivity index (χ3n) is 4.48. The lowest BCUT2D eigenvalue weighted by molar-refractivity contribution is -0.142. The summed E-state index contributed by atoms with van der Waals surface area (Å²) in [5.74, 6) is -4.97. The Bertz CT molecular complexity index is 852. The van der Waals surface area contributed by atoms with Gasteiger partial charge in [-0.1, -0.05) is 29.8 Å². The van der Waals surface area contributed by atoms with Crippen LogP contribution >= 0.6 is 11.6 Å². The number of amides is 1. The molecule has 1 aromatic heterocycles. The van der Waals surface area contributed by atoms with Crippen LogP contribution in [0.5, 0.6) is 0 Å². The van der Waals surface area contributed by atoms with Crippen molar-refractivity contribution in [3.8, 4) is 0 Å². The van der Waals surface area contributed by atoms with Gasteiger partial charge in [0, 0.05) is 0 Å². The molecule has 124 valence electrons. The fourth-order valence-electron chi connectivity index (χ4n) is 3.11. The highest BCUT2D eigenvalue weighted by molar-refractivity contribution is 6.29. The molecule has 1 amide bonds. The minimum Gasteiger partial charge on any atom is -0.385 e. The SMILES string of the molecule is O=C1N(Cc2cccc(Cl)n2)c2cccc(C3(O)CC3)c2C1(F)F. The summed E-state index contributed by atoms with van der Waals surface area (Å²) in [6, 6.07) is 9.35. The van der Waals surface area contributed by atoms with Crippen molar-refractivity contribution < 1.29 is 18.7 Å². The third kappa shape index (κ3) is 2.21. The second-order valence-corrected chi connectivity index (χ2v) is 6.54. The highest BCUT2D eigenvalue weighted by Gasteiger charge is 2.58. The van der Waals surface area contributed by atoms with Crippen LogP contribution in [0.2, 0.25) is 5.15 Å². The summed E-state index contributed by atoms with van der Waals surface area (Å²) in [6.45, 7) is -0.107. The molecule has 1 saturated carbocycles. The molecule has 2 aliphatic rings. The minimum atomic E-state index is -3.66. The third-order valence-corrected chi connectivity index (χ3v) is 4.69. The normalized spacial score (nSPS) is 20.2. The van der Waals surface area contributed by atoms with E-state index < -0.39 is 23.0 Å². The molecule has 0 bridgehead atoms. The van der Waals surface area contributed by atoms with E-state index in [1.165, 1.54) is 12.1 Å². The van der Waals surface area contributed by atoms with Crippen LogP contribution < -0.4 is 4.90 Å². The fourth-order valence-corrected chi connectivity index (χ4v) is 3.30. The molecule has 1 aliphatic carbocycles. The van der Waals surface area contributed by atoms with Crippen LogP contribution in [0, 0.1) is 0 Å². The van der Waals surface area contributed by atoms with E-state index in [2.05, 4.69) is 4.98 Å². The van der Waals surface area contributed by atoms with Crippen molar-refractivity contribution >= 4 is 23.2 Å². The summed E-state index contributed by atoms with van der Waals surface area (Å²) in [5.41, 5.74) is -0.976. The van der Waals surface area contributed by atoms with E-state index in [4.69, 9.17) is 11.6 Å². The van der Waals surface area contributed by atoms with Crippen molar-refractivity contribution in [2.75, 3.05) is 4.90 Å². The smallest absolute Gasteiger partial charge is 0.352 e. The molecule has 2 heterocycles. The highest BCUT2D eigenvalue weighted by Crippen LogP contribution is 2.54. The Labute approximate surface area is 141 Å². The van der Waals surface area contributed by atoms with Crippen LogP contribution in [0.3, 0.4) is 0 Å². The zero-order valence-corrected chi connectivity index (χ0v) is 13.2. The second-order valence-electron chi connectivity index (χ2n) is 6.15. The number of nitrogens with zero attached hydrogens (tertiary/aromatic N) is 2. The maximum Gasteiger partial charge on any atom is 0.352 e. The van der Waals surface area contributed by atoms with E-state index in [-0.39, 0.29) is 22.9 Å². The van der Waals surface area contributed by atoms with Gasteiger partial charge in [0.2, 0.25) is 0 Å². The first-order chi connectivity index (χ1) is 11.3. The number of aliphatic hydroxyl groups is 1. The molecule has 1 N–H and O–H groups in total. The molecule has 0 radical (unpaired) electrons. The Balaban J connectivity index is 1.81. The summed E-state index contributed by atoms with van der Waals surface area (Å²) < 4.78 is 29.3. The number of rotatable bonds is 3. The van der Waals surface area contributed by atoms with Crippen LogP contribution in [0.15, 0.2) is 36.4 Å². The van der Waals surface area contributed by atoms with Gasteiger partial charge in [-0.05, 0) is 36.6 Å². The number of hydrogen-bond acceptors (Lipinski definition) is 3. The molecule has 1 aromatic carbocycles. The minimum absolute atomic E-state index is 0.107. The van der Waals surface area contributed by atoms with Crippen LogP contribution in [0.25, 0.3) is 0 Å². The van der Waals surface area contributed by atoms with E-state index in [9.17, 15) is 18.7 Å². The summed E-state index contributed by atoms with van der Waals surface area (Å²) >= 11 is 5.82. The predicted molar refractivity (Wildman–Crippen MR) is 83.9 cm³/mol. The van der Waals surface area contributed by atoms with E-state index in [1.54, 1.807) is 24.3 Å². The first-order valence-electron chi connectivity index (χ1n) is 7.50. The molecule has 0 saturated heterocycles. The van der Waals surface area contributed by atoms with Gasteiger partial charge in [-0.15, -0.1) is 0 Å². The Morgan fingerprint density at radius 1 is 1.21 bits per heavy atom. The summed E-state index contributed by atoms with van der Waals surface area (Å²) in [4.78, 5) is 17.4. The molecular formula is C17H13ClF2N2O2. The predicted octanol–water partition coefficient (Wildman–Crippen LogP) is 3.36. The van der Waals surface area contributed by atoms with Gasteiger partial charge < -0.3 is 10.0 Å². The van der Waals surface area contributed by atoms with E-state index >= 15 is 0 Å². The molecular weight excluding hydrogens is 338 g/mol. The number of alkyl halides is 2. The van der Waals surface area contributed by atoms with Gasteiger partial charge in [0.05, 0.1) is 29.1 Å². The Morgan fingerprint density at radius 3 is 2.58 bits per heavy atom. The van der Waals surface area contributed by atoms with Crippen LogP contribution in [-0.4, -0.2) is 16.0 Å². The number of anilines is 1. The first kappa shape index (κ1) is 15.5. The molecule has 1 aliphatic heterocycles. The van der Waals surface area contributed by atoms with Crippen molar-refractivity contribution in [2.45, 2.75) is 30.9 Å². The lowest BCUT2D eigenvalue weighted by atomic mass is 9.96. The largest absolute Gasteiger partial charge is 0.385 e. The average Bonchev–Trinajstić information content (AvgIpc) is 3.26. The van der Waals surface area contributed by atoms with Crippen LogP contribution in [0.4, 0.5) is 14.5 Å². The molecule has 0 unspecified atom stereocenters. The first-order valence-corrected chi connectivity index (χ1v) is 7.88. The molecule has 4 rings (SSSR count). The lowest BCUT2D eigenvalue weighted by Gasteiger charge is -2.17. The number of halogens is 3. The molecule has 24 heavy (non-hydrogen) atoms. The molecule has 7 heteroatoms. The highest BCUT2D eigenvalue weighted by atomic mass is 35.5. The maximum absolute atomic E-state index is 14.6. The number of hydrogen-bond donors (Lipinski definition) is 1. The Hall–Kier alpha value is -2.05. The number of carbonyl (C=O) groups excluding carboxylic acids is 1. The number of pyridine rings is 1. The molecule has 0 spiro atoms. The van der Waals surface area contributed by atoms with Gasteiger partial charge in [-0.2, -0.15) is 8.78 Å². The summed E-state index contributed by atoms with van der Waals surface area (Å²) in [6.07, 6.45) is 0.840. The van der Waals surface area contributed by atoms with Crippen LogP contribution in [0.1, 0.15) is 29.7 Å². The monoisotopic (exact) mass is 350 g/mol. The zero-order chi connectivity index (χ0) is 17.1. The summed E-state index contributed by atoms with van der Waals surface area (Å²) in [5, 5.41) is 10.5. The van der Waals surface area contributed by atoms with Gasteiger partial charge in [-0.3, -0.25) is 4.79 Å². The Kier molecular flexibility index (Phi) is 3.21. The standard InChI is InChI=1S/C17H13ClF2N2O2/c18-13-6-1-3-10(21-13)9-22-12-5-2-4-11(16(24)7-8-16)14(12)17(19,20)15(22)23/h1-6,24H,7-9H2. The molecule has 4 nitrogen and oxygen atoms in total. The second kappa shape index (κ2) is 4.97. The van der Waals surface area contributed by atoms with Crippen molar-refractivity contribution in [3.05, 3.63) is 58.4 Å². The average molecular weight is 351 g/mol. The van der Waals surface area contributed by atoms with E-state index in [0.717, 1.165) is 4.90 Å². The molecule has 0 atom stereocenters. The number of benzene rings is 1. The number of aromatic nitrogens is 1. The van der Waals surface area contributed by atoms with Crippen LogP contribution in [-0.2, 0) is 22.9 Å². The van der Waals surface area contributed by atoms with E-state index in [0.29, 0.717) is 18.5 Å². The summed E-state index contributed by atoms with van der Waals surface area (Å²) in [7, 11) is 0. The van der Waals surface area contributed by atoms with Gasteiger partial charge in [0.1, 0.15) is 5.15 Å². The van der Waals surface area contributed by atoms with Crippen molar-refractivity contribution in [1.82, 2.24) is 4.98 Å². The Morgan fingerprint density at radius 2 is 1.92 bits per heavy atom. The molecule has 1 fully saturated rings. The van der Waals surface area contributed by atoms with E-state index in [1.807, 2.05) is 0 Å². The topological polar surface area (TPSA) is 53.4 Å². The lowest BCUT2D eigenvalue weighted by Crippen LogP contribution is -2.34. The van der Waals surface area contributed by atoms with Gasteiger partial charge in [0.15, 0.2) is 0 Å². The van der Waals surface area contributed by atoms with Crippen molar-refractivity contribution in [3.63, 3.8) is 0 Å². The fraction of sp³-hybridized carbons (Fsp3) is 0.294. The van der Waals surface area contributed by atoms with Crippen molar-refractivity contribution in [2.24, 2.45) is 0 Å². The number of carbonyl (C=O) groups is 1. The zero-order valence-electron chi connectivity index (χ0n) is 12.5. The van der Waals surface area contributed by atoms with Gasteiger partial charge in [-0.25, -0.2) is 4.98 Å². The number of fused-ring (bicyclic) bond motifs is 1.